The van der Waals surface area contributed by atoms with E-state index in [1.54, 1.807) is 10.5 Å². The normalized spacial score (nSPS) is 25.0. The Hall–Kier alpha value is -1.74. The van der Waals surface area contributed by atoms with Crippen LogP contribution < -0.4 is 5.32 Å². The molecule has 8 nitrogen and oxygen atoms in total. The third kappa shape index (κ3) is 1.99. The summed E-state index contributed by atoms with van der Waals surface area (Å²) in [5, 5.41) is 11.7. The Bertz CT molecular complexity index is 888. The molecule has 2 aliphatic heterocycles. The van der Waals surface area contributed by atoms with E-state index in [1.165, 1.54) is 0 Å². The van der Waals surface area contributed by atoms with Crippen LogP contribution in [-0.2, 0) is 16.4 Å². The lowest BCUT2D eigenvalue weighted by molar-refractivity contribution is 0.469. The van der Waals surface area contributed by atoms with Gasteiger partial charge < -0.3 is 5.32 Å². The Kier molecular flexibility index (Phi) is 2.76. The van der Waals surface area contributed by atoms with Crippen molar-refractivity contribution in [2.75, 3.05) is 25.0 Å². The van der Waals surface area contributed by atoms with Crippen molar-refractivity contribution in [3.63, 3.8) is 0 Å². The zero-order chi connectivity index (χ0) is 15.6. The van der Waals surface area contributed by atoms with E-state index in [9.17, 15) is 8.42 Å². The largest absolute Gasteiger partial charge is 0.368 e. The van der Waals surface area contributed by atoms with Crippen molar-refractivity contribution < 1.29 is 8.42 Å². The van der Waals surface area contributed by atoms with Crippen LogP contribution in [0.5, 0.6) is 0 Å². The van der Waals surface area contributed by atoms with Crippen molar-refractivity contribution in [1.29, 1.82) is 0 Å². The zero-order valence-corrected chi connectivity index (χ0v) is 13.5. The van der Waals surface area contributed by atoms with Crippen LogP contribution in [0.2, 0.25) is 0 Å². The van der Waals surface area contributed by atoms with Gasteiger partial charge in [0.05, 0.1) is 17.1 Å². The highest BCUT2D eigenvalue weighted by Gasteiger charge is 2.43. The van der Waals surface area contributed by atoms with Gasteiger partial charge in [-0.1, -0.05) is 0 Å². The molecule has 1 N–H and O–H groups in total. The first kappa shape index (κ1) is 13.7. The van der Waals surface area contributed by atoms with Crippen LogP contribution in [0.4, 0.5) is 5.82 Å². The molecule has 2 aromatic rings. The van der Waals surface area contributed by atoms with E-state index in [-0.39, 0.29) is 11.2 Å². The number of anilines is 1. The second kappa shape index (κ2) is 4.64. The molecule has 4 heterocycles. The lowest BCUT2D eigenvalue weighted by Crippen LogP contribution is -2.31. The van der Waals surface area contributed by atoms with Crippen molar-refractivity contribution in [3.05, 3.63) is 17.7 Å². The molecule has 5 rings (SSSR count). The Balaban J connectivity index is 1.51. The molecule has 122 valence electrons. The average molecular weight is 334 g/mol. The molecule has 1 aliphatic carbocycles. The predicted octanol–water partition coefficient (Wildman–Crippen LogP) is 0.374. The lowest BCUT2D eigenvalue weighted by atomic mass is 10.1. The molecule has 0 amide bonds. The van der Waals surface area contributed by atoms with Gasteiger partial charge in [0.25, 0.3) is 0 Å². The molecule has 0 bridgehead atoms. The van der Waals surface area contributed by atoms with E-state index in [0.29, 0.717) is 13.1 Å². The number of nitrogens with zero attached hydrogens (tertiary/aromatic N) is 5. The fourth-order valence-electron chi connectivity index (χ4n) is 3.66. The first-order valence-corrected chi connectivity index (χ1v) is 9.60. The van der Waals surface area contributed by atoms with Gasteiger partial charge in [-0.15, -0.1) is 10.2 Å². The van der Waals surface area contributed by atoms with E-state index in [1.807, 2.05) is 0 Å². The van der Waals surface area contributed by atoms with Crippen molar-refractivity contribution in [2.45, 2.75) is 36.9 Å². The summed E-state index contributed by atoms with van der Waals surface area (Å²) in [7, 11) is -3.10. The number of hydrogen-bond donors (Lipinski definition) is 1. The maximum Gasteiger partial charge on any atom is 0.217 e. The van der Waals surface area contributed by atoms with E-state index in [0.717, 1.165) is 55.2 Å². The van der Waals surface area contributed by atoms with Crippen molar-refractivity contribution >= 4 is 21.5 Å². The molecule has 0 radical (unpaired) electrons. The van der Waals surface area contributed by atoms with Gasteiger partial charge in [-0.3, -0.25) is 4.40 Å². The lowest BCUT2D eigenvalue weighted by Gasteiger charge is -2.16. The third-order valence-corrected chi connectivity index (χ3v) is 7.41. The van der Waals surface area contributed by atoms with Gasteiger partial charge in [0.2, 0.25) is 10.0 Å². The van der Waals surface area contributed by atoms with E-state index in [4.69, 9.17) is 0 Å². The number of hydrogen-bond acceptors (Lipinski definition) is 6. The predicted molar refractivity (Wildman–Crippen MR) is 83.8 cm³/mol. The van der Waals surface area contributed by atoms with Crippen molar-refractivity contribution in [3.8, 4) is 0 Å². The highest BCUT2D eigenvalue weighted by atomic mass is 32.2. The fourth-order valence-corrected chi connectivity index (χ4v) is 5.56. The van der Waals surface area contributed by atoms with E-state index >= 15 is 0 Å². The van der Waals surface area contributed by atoms with Crippen LogP contribution >= 0.6 is 0 Å². The molecule has 1 saturated carbocycles. The fraction of sp³-hybridized carbons (Fsp3) is 0.643. The molecule has 0 unspecified atom stereocenters. The second-order valence-electron chi connectivity index (χ2n) is 6.57. The van der Waals surface area contributed by atoms with Gasteiger partial charge >= 0.3 is 0 Å². The molecule has 2 aromatic heterocycles. The van der Waals surface area contributed by atoms with Gasteiger partial charge in [-0.25, -0.2) is 17.7 Å². The number of aromatic nitrogens is 4. The highest BCUT2D eigenvalue weighted by molar-refractivity contribution is 7.90. The molecular weight excluding hydrogens is 316 g/mol. The molecule has 23 heavy (non-hydrogen) atoms. The summed E-state index contributed by atoms with van der Waals surface area (Å²) >= 11 is 0. The smallest absolute Gasteiger partial charge is 0.217 e. The Morgan fingerprint density at radius 1 is 1.22 bits per heavy atom. The monoisotopic (exact) mass is 334 g/mol. The third-order valence-electron chi connectivity index (χ3n) is 5.04. The first-order chi connectivity index (χ1) is 11.1. The summed E-state index contributed by atoms with van der Waals surface area (Å²) in [6, 6.07) is 0. The molecule has 1 saturated heterocycles. The van der Waals surface area contributed by atoms with Gasteiger partial charge in [0, 0.05) is 32.0 Å². The summed E-state index contributed by atoms with van der Waals surface area (Å²) in [5.74, 6) is 1.86. The number of sulfonamides is 1. The quantitative estimate of drug-likeness (QED) is 0.872. The average Bonchev–Trinajstić information content (AvgIpc) is 2.98. The van der Waals surface area contributed by atoms with Crippen LogP contribution in [0.1, 0.15) is 36.7 Å². The molecule has 1 atom stereocenters. The molecule has 3 aliphatic rings. The minimum atomic E-state index is -3.10. The summed E-state index contributed by atoms with van der Waals surface area (Å²) in [6.45, 7) is 1.97. The Morgan fingerprint density at radius 2 is 2.09 bits per heavy atom. The standard InChI is InChI=1S/C14H18N6O2S/c21-23(22,10-1-2-10)19-6-4-9(8-19)14-18-17-12-7-16-13-11(20(12)14)3-5-15-13/h7,9-10,15H,1-6,8H2/t9-/m1/s1. The van der Waals surface area contributed by atoms with Crippen LogP contribution in [-0.4, -0.2) is 57.2 Å². The summed E-state index contributed by atoms with van der Waals surface area (Å²) in [6.07, 6.45) is 5.03. The van der Waals surface area contributed by atoms with Crippen LogP contribution in [0, 0.1) is 0 Å². The number of nitrogens with one attached hydrogen (secondary N) is 1. The molecule has 0 spiro atoms. The second-order valence-corrected chi connectivity index (χ2v) is 8.78. The minimum Gasteiger partial charge on any atom is -0.368 e. The summed E-state index contributed by atoms with van der Waals surface area (Å²) < 4.78 is 28.6. The Labute approximate surface area is 134 Å². The Morgan fingerprint density at radius 3 is 2.91 bits per heavy atom. The molecule has 9 heteroatoms. The van der Waals surface area contributed by atoms with Crippen molar-refractivity contribution in [1.82, 2.24) is 23.9 Å². The maximum absolute atomic E-state index is 12.4. The first-order valence-electron chi connectivity index (χ1n) is 8.10. The SMILES string of the molecule is O=S(=O)(C1CC1)N1CC[C@@H](c2nnc3cnc4c(n23)CCN4)C1. The maximum atomic E-state index is 12.4. The van der Waals surface area contributed by atoms with Crippen molar-refractivity contribution in [2.24, 2.45) is 0 Å². The minimum absolute atomic E-state index is 0.102. The van der Waals surface area contributed by atoms with Gasteiger partial charge in [0.1, 0.15) is 11.6 Å². The van der Waals surface area contributed by atoms with Gasteiger partial charge in [-0.05, 0) is 19.3 Å². The number of fused-ring (bicyclic) bond motifs is 3. The van der Waals surface area contributed by atoms with Crippen LogP contribution in [0.25, 0.3) is 5.65 Å². The highest BCUT2D eigenvalue weighted by Crippen LogP contribution is 2.36. The number of rotatable bonds is 3. The zero-order valence-electron chi connectivity index (χ0n) is 12.6. The molecule has 2 fully saturated rings. The van der Waals surface area contributed by atoms with Gasteiger partial charge in [0.15, 0.2) is 5.65 Å². The molecule has 0 aromatic carbocycles. The van der Waals surface area contributed by atoms with Gasteiger partial charge in [-0.2, -0.15) is 0 Å². The molecular formula is C14H18N6O2S. The van der Waals surface area contributed by atoms with E-state index in [2.05, 4.69) is 24.9 Å². The van der Waals surface area contributed by atoms with Crippen LogP contribution in [0.3, 0.4) is 0 Å². The summed E-state index contributed by atoms with van der Waals surface area (Å²) in [5.41, 5.74) is 1.84. The summed E-state index contributed by atoms with van der Waals surface area (Å²) in [4.78, 5) is 4.37. The topological polar surface area (TPSA) is 92.5 Å². The van der Waals surface area contributed by atoms with Crippen LogP contribution in [0.15, 0.2) is 6.20 Å². The van der Waals surface area contributed by atoms with E-state index < -0.39 is 10.0 Å².